The lowest BCUT2D eigenvalue weighted by molar-refractivity contribution is 0.727. The van der Waals surface area contributed by atoms with Crippen molar-refractivity contribution in [3.05, 3.63) is 59.4 Å². The minimum absolute atomic E-state index is 0.312. The fourth-order valence-corrected chi connectivity index (χ4v) is 1.75. The zero-order valence-electron chi connectivity index (χ0n) is 10.1. The first-order chi connectivity index (χ1) is 7.66. The van der Waals surface area contributed by atoms with Crippen LogP contribution in [0.1, 0.15) is 29.7 Å². The van der Waals surface area contributed by atoms with E-state index >= 15 is 0 Å². The van der Waals surface area contributed by atoms with Crippen LogP contribution in [-0.2, 0) is 0 Å². The highest BCUT2D eigenvalue weighted by molar-refractivity contribution is 5.32. The summed E-state index contributed by atoms with van der Waals surface area (Å²) in [5, 5.41) is 0. The molecule has 1 aromatic carbocycles. The Hall–Kier alpha value is -1.70. The molecule has 1 unspecified atom stereocenters. The molecule has 0 aliphatic heterocycles. The number of nitrogens with zero attached hydrogens (tertiary/aromatic N) is 1. The Morgan fingerprint density at radius 1 is 1.06 bits per heavy atom. The normalized spacial score (nSPS) is 12.4. The molecule has 1 atom stereocenters. The first-order valence-electron chi connectivity index (χ1n) is 5.63. The van der Waals surface area contributed by atoms with Crippen LogP contribution in [0.25, 0.3) is 0 Å². The molecule has 2 aromatic rings. The molecule has 0 aliphatic carbocycles. The van der Waals surface area contributed by atoms with Crippen LogP contribution < -0.4 is 5.43 Å². The van der Waals surface area contributed by atoms with Gasteiger partial charge in [0.1, 0.15) is 0 Å². The van der Waals surface area contributed by atoms with Crippen LogP contribution >= 0.6 is 0 Å². The van der Waals surface area contributed by atoms with Gasteiger partial charge in [0.15, 0.2) is 0 Å². The monoisotopic (exact) mass is 214 g/mol. The molecule has 0 bridgehead atoms. The van der Waals surface area contributed by atoms with Gasteiger partial charge in [-0.1, -0.05) is 18.2 Å². The van der Waals surface area contributed by atoms with Gasteiger partial charge in [-0.3, -0.25) is 4.68 Å². The van der Waals surface area contributed by atoms with Crippen LogP contribution in [-0.4, -0.2) is 4.68 Å². The van der Waals surface area contributed by atoms with Gasteiger partial charge < -0.3 is 5.43 Å². The number of aromatic nitrogens is 1. The highest BCUT2D eigenvalue weighted by Crippen LogP contribution is 2.17. The number of benzene rings is 1. The molecule has 0 saturated heterocycles. The second-order valence-corrected chi connectivity index (χ2v) is 4.28. The lowest BCUT2D eigenvalue weighted by atomic mass is 10.0. The summed E-state index contributed by atoms with van der Waals surface area (Å²) in [5.41, 5.74) is 7.41. The average Bonchev–Trinajstić information content (AvgIpc) is 2.74. The smallest absolute Gasteiger partial charge is 0.0645 e. The Morgan fingerprint density at radius 3 is 2.38 bits per heavy atom. The molecular weight excluding hydrogens is 196 g/mol. The summed E-state index contributed by atoms with van der Waals surface area (Å²) in [6.45, 7) is 6.47. The number of hydrogen-bond acceptors (Lipinski definition) is 1. The van der Waals surface area contributed by atoms with Crippen LogP contribution in [0.4, 0.5) is 0 Å². The highest BCUT2D eigenvalue weighted by atomic mass is 15.4. The maximum Gasteiger partial charge on any atom is 0.0645 e. The molecule has 0 saturated carbocycles. The van der Waals surface area contributed by atoms with Crippen molar-refractivity contribution in [2.45, 2.75) is 26.8 Å². The van der Waals surface area contributed by atoms with Gasteiger partial charge in [0, 0.05) is 12.4 Å². The lowest BCUT2D eigenvalue weighted by Crippen LogP contribution is -2.17. The van der Waals surface area contributed by atoms with E-state index in [0.29, 0.717) is 6.04 Å². The molecule has 0 spiro atoms. The summed E-state index contributed by atoms with van der Waals surface area (Å²) >= 11 is 0. The van der Waals surface area contributed by atoms with Crippen molar-refractivity contribution < 1.29 is 0 Å². The van der Waals surface area contributed by atoms with E-state index in [2.05, 4.69) is 44.4 Å². The van der Waals surface area contributed by atoms with Crippen molar-refractivity contribution in [2.24, 2.45) is 0 Å². The number of hydrogen-bond donors (Lipinski definition) is 1. The van der Waals surface area contributed by atoms with Gasteiger partial charge in [-0.15, -0.1) is 0 Å². The predicted molar refractivity (Wildman–Crippen MR) is 68.1 cm³/mol. The molecular formula is C14H18N2. The van der Waals surface area contributed by atoms with Crippen LogP contribution in [0.3, 0.4) is 0 Å². The Balaban J connectivity index is 2.14. The predicted octanol–water partition coefficient (Wildman–Crippen LogP) is 3.41. The van der Waals surface area contributed by atoms with Crippen LogP contribution in [0.2, 0.25) is 0 Å². The summed E-state index contributed by atoms with van der Waals surface area (Å²) in [4.78, 5) is 0. The molecule has 2 nitrogen and oxygen atoms in total. The molecule has 0 amide bonds. The molecule has 0 radical (unpaired) electrons. The summed E-state index contributed by atoms with van der Waals surface area (Å²) in [6.07, 6.45) is 4.02. The van der Waals surface area contributed by atoms with Gasteiger partial charge in [-0.2, -0.15) is 0 Å². The van der Waals surface area contributed by atoms with Crippen molar-refractivity contribution in [3.8, 4) is 0 Å². The Morgan fingerprint density at radius 2 is 1.75 bits per heavy atom. The lowest BCUT2D eigenvalue weighted by Gasteiger charge is -2.17. The fourth-order valence-electron chi connectivity index (χ4n) is 1.75. The summed E-state index contributed by atoms with van der Waals surface area (Å²) < 4.78 is 1.99. The van der Waals surface area contributed by atoms with Crippen molar-refractivity contribution in [1.82, 2.24) is 4.68 Å². The van der Waals surface area contributed by atoms with Gasteiger partial charge in [0.25, 0.3) is 0 Å². The first kappa shape index (κ1) is 10.8. The van der Waals surface area contributed by atoms with Crippen molar-refractivity contribution >= 4 is 0 Å². The molecule has 2 rings (SSSR count). The van der Waals surface area contributed by atoms with Gasteiger partial charge in [-0.05, 0) is 49.6 Å². The van der Waals surface area contributed by atoms with Crippen molar-refractivity contribution in [3.63, 3.8) is 0 Å². The topological polar surface area (TPSA) is 17.0 Å². The summed E-state index contributed by atoms with van der Waals surface area (Å²) in [7, 11) is 0. The molecule has 0 fully saturated rings. The SMILES string of the molecule is Cc1ccc(C(C)Nn2cccc2)cc1C. The number of aryl methyl sites for hydroxylation is 2. The summed E-state index contributed by atoms with van der Waals surface area (Å²) in [5.74, 6) is 0. The maximum absolute atomic E-state index is 3.40. The second kappa shape index (κ2) is 4.44. The first-order valence-corrected chi connectivity index (χ1v) is 5.63. The van der Waals surface area contributed by atoms with E-state index in [4.69, 9.17) is 0 Å². The zero-order valence-corrected chi connectivity index (χ0v) is 10.1. The number of rotatable bonds is 3. The Bertz CT molecular complexity index is 458. The Labute approximate surface area is 96.9 Å². The maximum atomic E-state index is 3.40. The molecule has 84 valence electrons. The van der Waals surface area contributed by atoms with Crippen LogP contribution in [0.5, 0.6) is 0 Å². The molecule has 1 N–H and O–H groups in total. The fraction of sp³-hybridized carbons (Fsp3) is 0.286. The molecule has 16 heavy (non-hydrogen) atoms. The largest absolute Gasteiger partial charge is 0.319 e. The zero-order chi connectivity index (χ0) is 11.5. The van der Waals surface area contributed by atoms with Crippen LogP contribution in [0, 0.1) is 13.8 Å². The molecule has 0 aliphatic rings. The average molecular weight is 214 g/mol. The van der Waals surface area contributed by atoms with Gasteiger partial charge >= 0.3 is 0 Å². The van der Waals surface area contributed by atoms with Crippen molar-refractivity contribution in [2.75, 3.05) is 5.43 Å². The van der Waals surface area contributed by atoms with E-state index in [9.17, 15) is 0 Å². The Kier molecular flexibility index (Phi) is 3.00. The summed E-state index contributed by atoms with van der Waals surface area (Å²) in [6, 6.07) is 10.9. The second-order valence-electron chi connectivity index (χ2n) is 4.28. The number of nitrogens with one attached hydrogen (secondary N) is 1. The third-order valence-corrected chi connectivity index (χ3v) is 2.98. The third-order valence-electron chi connectivity index (χ3n) is 2.98. The standard InChI is InChI=1S/C14H18N2/c1-11-6-7-14(10-12(11)2)13(3)15-16-8-4-5-9-16/h4-10,13,15H,1-3H3. The minimum atomic E-state index is 0.312. The van der Waals surface area contributed by atoms with Crippen LogP contribution in [0.15, 0.2) is 42.7 Å². The third kappa shape index (κ3) is 2.27. The van der Waals surface area contributed by atoms with E-state index in [1.807, 2.05) is 29.2 Å². The highest BCUT2D eigenvalue weighted by Gasteiger charge is 2.05. The van der Waals surface area contributed by atoms with E-state index in [1.54, 1.807) is 0 Å². The van der Waals surface area contributed by atoms with Gasteiger partial charge in [-0.25, -0.2) is 0 Å². The van der Waals surface area contributed by atoms with E-state index in [0.717, 1.165) is 0 Å². The quantitative estimate of drug-likeness (QED) is 0.828. The minimum Gasteiger partial charge on any atom is -0.319 e. The van der Waals surface area contributed by atoms with Gasteiger partial charge in [0.2, 0.25) is 0 Å². The van der Waals surface area contributed by atoms with E-state index in [1.165, 1.54) is 16.7 Å². The van der Waals surface area contributed by atoms with E-state index < -0.39 is 0 Å². The molecule has 2 heteroatoms. The van der Waals surface area contributed by atoms with Crippen molar-refractivity contribution in [1.29, 1.82) is 0 Å². The van der Waals surface area contributed by atoms with Gasteiger partial charge in [0.05, 0.1) is 6.04 Å². The van der Waals surface area contributed by atoms with E-state index in [-0.39, 0.29) is 0 Å². The molecule has 1 heterocycles. The molecule has 1 aromatic heterocycles.